The van der Waals surface area contributed by atoms with E-state index in [9.17, 15) is 9.59 Å². The zero-order chi connectivity index (χ0) is 17.0. The molecule has 1 amide bonds. The summed E-state index contributed by atoms with van der Waals surface area (Å²) < 4.78 is 16.3. The lowest BCUT2D eigenvalue weighted by Crippen LogP contribution is -2.41. The van der Waals surface area contributed by atoms with E-state index in [1.165, 1.54) is 12.0 Å². The standard InChI is InChI=1S/C16H21NO6/c1-4-10(2)17(9-14(18)19)16(20)11-7-12(21-3)15-13(8-11)22-5-6-23-15/h7-8,10H,4-6,9H2,1-3H3,(H,18,19). The molecule has 1 aliphatic rings. The average Bonchev–Trinajstić information content (AvgIpc) is 2.57. The van der Waals surface area contributed by atoms with Crippen molar-refractivity contribution < 1.29 is 28.9 Å². The van der Waals surface area contributed by atoms with Crippen LogP contribution in [0.15, 0.2) is 12.1 Å². The van der Waals surface area contributed by atoms with E-state index in [0.29, 0.717) is 42.4 Å². The van der Waals surface area contributed by atoms with E-state index in [4.69, 9.17) is 19.3 Å². The fraction of sp³-hybridized carbons (Fsp3) is 0.500. The monoisotopic (exact) mass is 323 g/mol. The molecule has 7 nitrogen and oxygen atoms in total. The zero-order valence-electron chi connectivity index (χ0n) is 13.5. The van der Waals surface area contributed by atoms with E-state index < -0.39 is 5.97 Å². The summed E-state index contributed by atoms with van der Waals surface area (Å²) in [6.07, 6.45) is 0.653. The predicted molar refractivity (Wildman–Crippen MR) is 82.4 cm³/mol. The van der Waals surface area contributed by atoms with Gasteiger partial charge in [0.2, 0.25) is 5.75 Å². The van der Waals surface area contributed by atoms with E-state index in [2.05, 4.69) is 0 Å². The molecular weight excluding hydrogens is 302 g/mol. The number of carboxylic acid groups (broad SMARTS) is 1. The SMILES string of the molecule is CCC(C)N(CC(=O)O)C(=O)c1cc(OC)c2c(c1)OCCO2. The van der Waals surface area contributed by atoms with E-state index in [1.54, 1.807) is 12.1 Å². The van der Waals surface area contributed by atoms with Crippen molar-refractivity contribution in [2.24, 2.45) is 0 Å². The molecule has 0 aliphatic carbocycles. The number of fused-ring (bicyclic) bond motifs is 1. The number of methoxy groups -OCH3 is 1. The lowest BCUT2D eigenvalue weighted by molar-refractivity contribution is -0.138. The van der Waals surface area contributed by atoms with Gasteiger partial charge in [0.1, 0.15) is 19.8 Å². The maximum Gasteiger partial charge on any atom is 0.323 e. The van der Waals surface area contributed by atoms with E-state index in [1.807, 2.05) is 13.8 Å². The number of hydrogen-bond donors (Lipinski definition) is 1. The molecule has 0 bridgehead atoms. The third-order valence-electron chi connectivity index (χ3n) is 3.76. The first kappa shape index (κ1) is 16.9. The van der Waals surface area contributed by atoms with Crippen LogP contribution in [0, 0.1) is 0 Å². The normalized spacial score (nSPS) is 14.0. The Morgan fingerprint density at radius 1 is 1.35 bits per heavy atom. The zero-order valence-corrected chi connectivity index (χ0v) is 13.5. The van der Waals surface area contributed by atoms with Gasteiger partial charge in [0.25, 0.3) is 5.91 Å². The molecule has 0 saturated heterocycles. The van der Waals surface area contributed by atoms with Gasteiger partial charge in [-0.1, -0.05) is 6.92 Å². The molecule has 0 radical (unpaired) electrons. The maximum absolute atomic E-state index is 12.7. The first-order valence-electron chi connectivity index (χ1n) is 7.48. The van der Waals surface area contributed by atoms with Gasteiger partial charge < -0.3 is 24.2 Å². The van der Waals surface area contributed by atoms with Crippen molar-refractivity contribution in [1.82, 2.24) is 4.90 Å². The lowest BCUT2D eigenvalue weighted by atomic mass is 10.1. The summed E-state index contributed by atoms with van der Waals surface area (Å²) in [6.45, 7) is 4.16. The summed E-state index contributed by atoms with van der Waals surface area (Å²) in [4.78, 5) is 25.1. The Morgan fingerprint density at radius 2 is 2.04 bits per heavy atom. The van der Waals surface area contributed by atoms with Gasteiger partial charge in [-0.15, -0.1) is 0 Å². The van der Waals surface area contributed by atoms with Crippen LogP contribution in [0.3, 0.4) is 0 Å². The van der Waals surface area contributed by atoms with Crippen LogP contribution in [0.5, 0.6) is 17.2 Å². The Bertz CT molecular complexity index is 583. The van der Waals surface area contributed by atoms with Crippen molar-refractivity contribution in [3.63, 3.8) is 0 Å². The Labute approximate surface area is 134 Å². The molecule has 126 valence electrons. The highest BCUT2D eigenvalue weighted by Crippen LogP contribution is 2.40. The topological polar surface area (TPSA) is 85.3 Å². The first-order chi connectivity index (χ1) is 11.0. The number of benzene rings is 1. The van der Waals surface area contributed by atoms with Crippen LogP contribution in [-0.4, -0.2) is 54.8 Å². The lowest BCUT2D eigenvalue weighted by Gasteiger charge is -2.28. The van der Waals surface area contributed by atoms with Gasteiger partial charge in [-0.3, -0.25) is 9.59 Å². The number of nitrogens with zero attached hydrogens (tertiary/aromatic N) is 1. The van der Waals surface area contributed by atoms with Crippen molar-refractivity contribution in [3.8, 4) is 17.2 Å². The van der Waals surface area contributed by atoms with Crippen molar-refractivity contribution in [2.45, 2.75) is 26.3 Å². The highest BCUT2D eigenvalue weighted by atomic mass is 16.6. The largest absolute Gasteiger partial charge is 0.493 e. The number of hydrogen-bond acceptors (Lipinski definition) is 5. The fourth-order valence-corrected chi connectivity index (χ4v) is 2.36. The average molecular weight is 323 g/mol. The summed E-state index contributed by atoms with van der Waals surface area (Å²) in [5.74, 6) is -0.146. The summed E-state index contributed by atoms with van der Waals surface area (Å²) in [6, 6.07) is 2.92. The molecule has 1 aliphatic heterocycles. The molecular formula is C16H21NO6. The summed E-state index contributed by atoms with van der Waals surface area (Å²) in [5.41, 5.74) is 0.313. The van der Waals surface area contributed by atoms with Crippen LogP contribution in [0.25, 0.3) is 0 Å². The highest BCUT2D eigenvalue weighted by molar-refractivity contribution is 5.97. The number of carboxylic acids is 1. The van der Waals surface area contributed by atoms with Crippen LogP contribution in [0.2, 0.25) is 0 Å². The summed E-state index contributed by atoms with van der Waals surface area (Å²) in [7, 11) is 1.48. The van der Waals surface area contributed by atoms with Crippen molar-refractivity contribution in [3.05, 3.63) is 17.7 Å². The number of amides is 1. The molecule has 0 saturated carbocycles. The molecule has 23 heavy (non-hydrogen) atoms. The van der Waals surface area contributed by atoms with E-state index in [0.717, 1.165) is 0 Å². The molecule has 1 aromatic carbocycles. The van der Waals surface area contributed by atoms with Gasteiger partial charge in [0.15, 0.2) is 11.5 Å². The van der Waals surface area contributed by atoms with Crippen molar-refractivity contribution in [2.75, 3.05) is 26.9 Å². The van der Waals surface area contributed by atoms with Crippen molar-refractivity contribution in [1.29, 1.82) is 0 Å². The van der Waals surface area contributed by atoms with Gasteiger partial charge in [0, 0.05) is 11.6 Å². The minimum absolute atomic E-state index is 0.196. The molecule has 0 fully saturated rings. The molecule has 1 unspecified atom stereocenters. The molecule has 0 spiro atoms. The highest BCUT2D eigenvalue weighted by Gasteiger charge is 2.26. The third kappa shape index (κ3) is 3.67. The molecule has 2 rings (SSSR count). The van der Waals surface area contributed by atoms with E-state index >= 15 is 0 Å². The van der Waals surface area contributed by atoms with Crippen LogP contribution in [0.4, 0.5) is 0 Å². The van der Waals surface area contributed by atoms with Crippen LogP contribution in [-0.2, 0) is 4.79 Å². The van der Waals surface area contributed by atoms with Crippen LogP contribution >= 0.6 is 0 Å². The number of aliphatic carboxylic acids is 1. The third-order valence-corrected chi connectivity index (χ3v) is 3.76. The molecule has 1 aromatic rings. The summed E-state index contributed by atoms with van der Waals surface area (Å²) in [5, 5.41) is 9.05. The summed E-state index contributed by atoms with van der Waals surface area (Å²) >= 11 is 0. The Kier molecular flexibility index (Phi) is 5.31. The van der Waals surface area contributed by atoms with Gasteiger partial charge in [-0.05, 0) is 25.5 Å². The van der Waals surface area contributed by atoms with Gasteiger partial charge in [0.05, 0.1) is 7.11 Å². The molecule has 1 N–H and O–H groups in total. The van der Waals surface area contributed by atoms with E-state index in [-0.39, 0.29) is 18.5 Å². The minimum Gasteiger partial charge on any atom is -0.493 e. The molecule has 1 atom stereocenters. The second kappa shape index (κ2) is 7.21. The van der Waals surface area contributed by atoms with Gasteiger partial charge >= 0.3 is 5.97 Å². The van der Waals surface area contributed by atoms with Crippen molar-refractivity contribution >= 4 is 11.9 Å². The molecule has 0 aromatic heterocycles. The van der Waals surface area contributed by atoms with Gasteiger partial charge in [-0.2, -0.15) is 0 Å². The predicted octanol–water partition coefficient (Wildman–Crippen LogP) is 1.79. The maximum atomic E-state index is 12.7. The quantitative estimate of drug-likeness (QED) is 0.859. The smallest absolute Gasteiger partial charge is 0.323 e. The number of carbonyl (C=O) groups is 2. The Morgan fingerprint density at radius 3 is 2.65 bits per heavy atom. The van der Waals surface area contributed by atoms with Gasteiger partial charge in [-0.25, -0.2) is 0 Å². The fourth-order valence-electron chi connectivity index (χ4n) is 2.36. The Hall–Kier alpha value is -2.44. The first-order valence-corrected chi connectivity index (χ1v) is 7.48. The number of ether oxygens (including phenoxy) is 3. The van der Waals surface area contributed by atoms with Crippen LogP contribution in [0.1, 0.15) is 30.6 Å². The molecule has 1 heterocycles. The number of carbonyl (C=O) groups excluding carboxylic acids is 1. The minimum atomic E-state index is -1.05. The van der Waals surface area contributed by atoms with Crippen LogP contribution < -0.4 is 14.2 Å². The second-order valence-corrected chi connectivity index (χ2v) is 5.29. The Balaban J connectivity index is 2.38. The second-order valence-electron chi connectivity index (χ2n) is 5.29. The molecule has 7 heteroatoms. The number of rotatable bonds is 6.